The van der Waals surface area contributed by atoms with Crippen LogP contribution in [0.5, 0.6) is 0 Å². The standard InChI is InChI=1S/C44H76P2Si/c1-13-19-25-35-31-37(27-21-15-3)41(38(32-35)28-22-16-4)45-46(47(45,43(7,8)9)44(10,11)12)42-39(29-23-17-5)33-36(26-20-14-2)34-40(42)30-24-18-6/h31-34H,13-30H2,1-12H3. The van der Waals surface area contributed by atoms with E-state index >= 15 is 0 Å². The lowest BCUT2D eigenvalue weighted by Crippen LogP contribution is -2.39. The minimum Gasteiger partial charge on any atom is -0.0654 e. The Hall–Kier alpha value is -0.483. The van der Waals surface area contributed by atoms with Crippen molar-refractivity contribution >= 4 is 32.3 Å². The Morgan fingerprint density at radius 3 is 0.851 bits per heavy atom. The van der Waals surface area contributed by atoms with Crippen LogP contribution in [0.1, 0.15) is 194 Å². The summed E-state index contributed by atoms with van der Waals surface area (Å²) in [6.45, 7) is 30.5. The lowest BCUT2D eigenvalue weighted by Gasteiger charge is -2.41. The van der Waals surface area contributed by atoms with Gasteiger partial charge in [0.05, 0.1) is 0 Å². The number of unbranched alkanes of at least 4 members (excludes halogenated alkanes) is 6. The van der Waals surface area contributed by atoms with E-state index in [0.29, 0.717) is 10.1 Å². The van der Waals surface area contributed by atoms with Crippen LogP contribution in [0.2, 0.25) is 10.1 Å². The summed E-state index contributed by atoms with van der Waals surface area (Å²) in [4.78, 5) is 0. The van der Waals surface area contributed by atoms with Crippen molar-refractivity contribution in [2.24, 2.45) is 0 Å². The first kappa shape index (κ1) is 40.9. The summed E-state index contributed by atoms with van der Waals surface area (Å²) in [7, 11) is -2.21. The van der Waals surface area contributed by atoms with Crippen molar-refractivity contribution in [2.45, 2.75) is 209 Å². The van der Waals surface area contributed by atoms with Crippen LogP contribution in [0, 0.1) is 0 Å². The van der Waals surface area contributed by atoms with Gasteiger partial charge in [0, 0.05) is 0 Å². The van der Waals surface area contributed by atoms with E-state index < -0.39 is 7.41 Å². The van der Waals surface area contributed by atoms with Crippen LogP contribution in [0.3, 0.4) is 0 Å². The van der Waals surface area contributed by atoms with Crippen LogP contribution in [0.4, 0.5) is 0 Å². The molecule has 3 rings (SSSR count). The Kier molecular flexibility index (Phi) is 16.3. The van der Waals surface area contributed by atoms with Crippen molar-refractivity contribution in [3.05, 3.63) is 57.6 Å². The summed E-state index contributed by atoms with van der Waals surface area (Å²) in [5, 5.41) is 4.64. The highest BCUT2D eigenvalue weighted by Gasteiger charge is 2.78. The Morgan fingerprint density at radius 2 is 0.638 bits per heavy atom. The van der Waals surface area contributed by atoms with E-state index in [9.17, 15) is 0 Å². The number of rotatable bonds is 20. The van der Waals surface area contributed by atoms with E-state index in [4.69, 9.17) is 0 Å². The predicted octanol–water partition coefficient (Wildman–Crippen LogP) is 14.6. The molecule has 0 N–H and O–H groups in total. The van der Waals surface area contributed by atoms with Gasteiger partial charge in [0.1, 0.15) is 7.41 Å². The summed E-state index contributed by atoms with van der Waals surface area (Å²) >= 11 is 0. The van der Waals surface area contributed by atoms with Gasteiger partial charge in [0.15, 0.2) is 0 Å². The van der Waals surface area contributed by atoms with Gasteiger partial charge in [0.25, 0.3) is 0 Å². The number of hydrogen-bond donors (Lipinski definition) is 0. The quantitative estimate of drug-likeness (QED) is 0.0956. The van der Waals surface area contributed by atoms with E-state index in [1.807, 2.05) is 10.6 Å². The zero-order valence-corrected chi connectivity index (χ0v) is 36.2. The molecule has 1 fully saturated rings. The van der Waals surface area contributed by atoms with Gasteiger partial charge in [-0.15, -0.1) is 0 Å². The molecule has 0 spiro atoms. The largest absolute Gasteiger partial charge is 0.138 e. The predicted molar refractivity (Wildman–Crippen MR) is 223 cm³/mol. The molecule has 2 aromatic carbocycles. The molecule has 1 aliphatic heterocycles. The third-order valence-electron chi connectivity index (χ3n) is 10.8. The maximum absolute atomic E-state index is 2.75. The van der Waals surface area contributed by atoms with E-state index in [1.165, 1.54) is 116 Å². The van der Waals surface area contributed by atoms with Crippen molar-refractivity contribution in [3.63, 3.8) is 0 Å². The molecule has 266 valence electrons. The van der Waals surface area contributed by atoms with Crippen molar-refractivity contribution < 1.29 is 0 Å². The average Bonchev–Trinajstić information content (AvgIpc) is 3.73. The summed E-state index contributed by atoms with van der Waals surface area (Å²) in [6, 6.07) is 11.0. The van der Waals surface area contributed by atoms with Crippen LogP contribution >= 0.6 is 14.3 Å². The number of aryl methyl sites for hydroxylation is 6. The first-order chi connectivity index (χ1) is 22.4. The molecule has 1 saturated heterocycles. The molecule has 2 atom stereocenters. The van der Waals surface area contributed by atoms with Crippen molar-refractivity contribution in [2.75, 3.05) is 0 Å². The minimum atomic E-state index is -1.84. The van der Waals surface area contributed by atoms with Crippen LogP contribution in [0.25, 0.3) is 0 Å². The molecule has 3 heteroatoms. The number of hydrogen-bond acceptors (Lipinski definition) is 0. The van der Waals surface area contributed by atoms with Gasteiger partial charge in [-0.2, -0.15) is 0 Å². The summed E-state index contributed by atoms with van der Waals surface area (Å²) in [5.41, 5.74) is 10.4. The zero-order chi connectivity index (χ0) is 34.8. The third kappa shape index (κ3) is 9.45. The maximum Gasteiger partial charge on any atom is 0.138 e. The Balaban J connectivity index is 2.46. The molecule has 2 unspecified atom stereocenters. The highest BCUT2D eigenvalue weighted by Crippen LogP contribution is 3.06. The van der Waals surface area contributed by atoms with E-state index in [0.717, 1.165) is 0 Å². The second-order valence-electron chi connectivity index (χ2n) is 16.9. The van der Waals surface area contributed by atoms with Gasteiger partial charge >= 0.3 is 0 Å². The smallest absolute Gasteiger partial charge is 0.0654 e. The SMILES string of the molecule is CCCCc1cc(CCCC)c(P2P(c3c(CCCC)cc(CCCC)cc3CCCC)[Si]2(C(C)(C)C)C(C)(C)C)c(CCCC)c1. The average molecular weight is 695 g/mol. The normalized spacial score (nSPS) is 17.8. The Labute approximate surface area is 297 Å². The van der Waals surface area contributed by atoms with Crippen LogP contribution < -0.4 is 10.6 Å². The summed E-state index contributed by atoms with van der Waals surface area (Å²) in [5.74, 6) is 0. The van der Waals surface area contributed by atoms with Gasteiger partial charge in [-0.1, -0.05) is 160 Å². The zero-order valence-electron chi connectivity index (χ0n) is 33.4. The molecule has 0 nitrogen and oxygen atoms in total. The summed E-state index contributed by atoms with van der Waals surface area (Å²) in [6.07, 6.45) is 23.3. The fraction of sp³-hybridized carbons (Fsp3) is 0.727. The fourth-order valence-electron chi connectivity index (χ4n) is 8.63. The molecule has 47 heavy (non-hydrogen) atoms. The first-order valence-electron chi connectivity index (χ1n) is 20.3. The van der Waals surface area contributed by atoms with Gasteiger partial charge in [-0.3, -0.25) is 0 Å². The molecular formula is C44H76P2Si. The minimum absolute atomic E-state index is 0.188. The van der Waals surface area contributed by atoms with Crippen LogP contribution in [-0.2, 0) is 38.5 Å². The van der Waals surface area contributed by atoms with E-state index in [-0.39, 0.29) is 14.3 Å². The topological polar surface area (TPSA) is 0 Å². The highest BCUT2D eigenvalue weighted by molar-refractivity contribution is 8.87. The van der Waals surface area contributed by atoms with Crippen molar-refractivity contribution in [1.29, 1.82) is 0 Å². The second-order valence-corrected chi connectivity index (χ2v) is 35.9. The molecule has 0 saturated carbocycles. The van der Waals surface area contributed by atoms with Crippen molar-refractivity contribution in [1.82, 2.24) is 0 Å². The Bertz CT molecular complexity index is 1090. The van der Waals surface area contributed by atoms with Crippen LogP contribution in [0.15, 0.2) is 24.3 Å². The van der Waals surface area contributed by atoms with Gasteiger partial charge < -0.3 is 0 Å². The first-order valence-corrected chi connectivity index (χ1v) is 27.3. The molecule has 1 aliphatic rings. The lowest BCUT2D eigenvalue weighted by molar-refractivity contribution is 0.656. The molecule has 2 aromatic rings. The van der Waals surface area contributed by atoms with Crippen LogP contribution in [-0.4, -0.2) is 7.41 Å². The summed E-state index contributed by atoms with van der Waals surface area (Å²) < 4.78 is 0. The number of benzene rings is 2. The molecule has 0 aromatic heterocycles. The lowest BCUT2D eigenvalue weighted by atomic mass is 9.96. The van der Waals surface area contributed by atoms with Gasteiger partial charge in [0.2, 0.25) is 0 Å². The molecule has 1 heterocycles. The highest BCUT2D eigenvalue weighted by atomic mass is 32.5. The van der Waals surface area contributed by atoms with E-state index in [2.05, 4.69) is 107 Å². The molecule has 0 radical (unpaired) electrons. The van der Waals surface area contributed by atoms with Gasteiger partial charge in [-0.05, 0) is 131 Å². The fourth-order valence-corrected chi connectivity index (χ4v) is 55.5. The monoisotopic (exact) mass is 695 g/mol. The molecule has 0 amide bonds. The van der Waals surface area contributed by atoms with Gasteiger partial charge in [-0.25, -0.2) is 0 Å². The third-order valence-corrected chi connectivity index (χ3v) is 42.7. The molecule has 0 aliphatic carbocycles. The second kappa shape index (κ2) is 18.7. The van der Waals surface area contributed by atoms with Crippen molar-refractivity contribution in [3.8, 4) is 0 Å². The maximum atomic E-state index is 2.75. The molecule has 0 bridgehead atoms. The Morgan fingerprint density at radius 1 is 0.404 bits per heavy atom. The molecular weight excluding hydrogens is 619 g/mol. The van der Waals surface area contributed by atoms with E-state index in [1.54, 1.807) is 33.4 Å².